The Bertz CT molecular complexity index is 377. The number of rotatable bonds is 1. The van der Waals surface area contributed by atoms with Gasteiger partial charge in [-0.3, -0.25) is 0 Å². The van der Waals surface area contributed by atoms with Gasteiger partial charge in [0.15, 0.2) is 5.82 Å². The Hall–Kier alpha value is -1.07. The maximum atomic E-state index is 6.06. The van der Waals surface area contributed by atoms with Crippen LogP contribution in [0.3, 0.4) is 0 Å². The van der Waals surface area contributed by atoms with E-state index in [0.29, 0.717) is 10.8 Å². The number of nitrogens with zero attached hydrogens (tertiary/aromatic N) is 3. The van der Waals surface area contributed by atoms with Gasteiger partial charge in [-0.05, 0) is 13.8 Å². The maximum Gasteiger partial charge on any atom is 0.222 e. The Kier molecular flexibility index (Phi) is 3.16. The van der Waals surface area contributed by atoms with E-state index in [-0.39, 0.29) is 18.2 Å². The lowest BCUT2D eigenvalue weighted by Gasteiger charge is -2.36. The first-order valence-corrected chi connectivity index (χ1v) is 5.62. The van der Waals surface area contributed by atoms with Gasteiger partial charge in [0.1, 0.15) is 5.02 Å². The van der Waals surface area contributed by atoms with Crippen LogP contribution in [0.25, 0.3) is 0 Å². The maximum absolute atomic E-state index is 6.06. The van der Waals surface area contributed by atoms with E-state index in [9.17, 15) is 0 Å². The molecule has 0 aromatic carbocycles. The van der Waals surface area contributed by atoms with E-state index >= 15 is 0 Å². The Morgan fingerprint density at radius 2 is 2.06 bits per heavy atom. The van der Waals surface area contributed by atoms with Gasteiger partial charge in [0.25, 0.3) is 0 Å². The standard InChI is InChI=1S/C10H15ClN4O/c1-6-4-15(5-7(2)16-6)9-8(11)3-13-10(12)14-9/h3,6-7H,4-5H2,1-2H3,(H2,12,13,14)/t6-,7+. The van der Waals surface area contributed by atoms with Gasteiger partial charge in [0.2, 0.25) is 5.95 Å². The summed E-state index contributed by atoms with van der Waals surface area (Å²) in [5, 5.41) is 0.524. The average Bonchev–Trinajstić information content (AvgIpc) is 2.20. The van der Waals surface area contributed by atoms with Crippen LogP contribution in [0, 0.1) is 0 Å². The number of hydrogen-bond acceptors (Lipinski definition) is 5. The van der Waals surface area contributed by atoms with Gasteiger partial charge >= 0.3 is 0 Å². The van der Waals surface area contributed by atoms with E-state index in [4.69, 9.17) is 22.1 Å². The molecule has 1 aliphatic rings. The van der Waals surface area contributed by atoms with Crippen LogP contribution in [0.4, 0.5) is 11.8 Å². The smallest absolute Gasteiger partial charge is 0.222 e. The zero-order valence-electron chi connectivity index (χ0n) is 9.35. The lowest BCUT2D eigenvalue weighted by molar-refractivity contribution is -0.00545. The quantitative estimate of drug-likeness (QED) is 0.805. The van der Waals surface area contributed by atoms with E-state index in [2.05, 4.69) is 14.9 Å². The predicted molar refractivity (Wildman–Crippen MR) is 63.7 cm³/mol. The molecule has 1 fully saturated rings. The Morgan fingerprint density at radius 3 is 2.69 bits per heavy atom. The van der Waals surface area contributed by atoms with Gasteiger partial charge in [-0.1, -0.05) is 11.6 Å². The fraction of sp³-hybridized carbons (Fsp3) is 0.600. The summed E-state index contributed by atoms with van der Waals surface area (Å²) in [6.45, 7) is 5.59. The van der Waals surface area contributed by atoms with Crippen LogP contribution < -0.4 is 10.6 Å². The largest absolute Gasteiger partial charge is 0.372 e. The van der Waals surface area contributed by atoms with E-state index in [1.54, 1.807) is 0 Å². The average molecular weight is 243 g/mol. The second-order valence-corrected chi connectivity index (χ2v) is 4.47. The minimum Gasteiger partial charge on any atom is -0.372 e. The van der Waals surface area contributed by atoms with Crippen LogP contribution in [0.1, 0.15) is 13.8 Å². The molecule has 0 spiro atoms. The fourth-order valence-corrected chi connectivity index (χ4v) is 2.15. The zero-order chi connectivity index (χ0) is 11.7. The number of aromatic nitrogens is 2. The molecule has 2 N–H and O–H groups in total. The Morgan fingerprint density at radius 1 is 1.44 bits per heavy atom. The molecule has 0 unspecified atom stereocenters. The number of nitrogens with two attached hydrogens (primary N) is 1. The molecule has 1 aromatic heterocycles. The van der Waals surface area contributed by atoms with E-state index in [1.165, 1.54) is 6.20 Å². The van der Waals surface area contributed by atoms with Gasteiger partial charge in [-0.15, -0.1) is 0 Å². The molecule has 2 rings (SSSR count). The molecular formula is C10H15ClN4O. The van der Waals surface area contributed by atoms with Gasteiger partial charge in [-0.2, -0.15) is 4.98 Å². The summed E-state index contributed by atoms with van der Waals surface area (Å²) in [5.74, 6) is 0.933. The Balaban J connectivity index is 2.25. The first-order chi connectivity index (χ1) is 7.56. The lowest BCUT2D eigenvalue weighted by atomic mass is 10.2. The monoisotopic (exact) mass is 242 g/mol. The van der Waals surface area contributed by atoms with Crippen molar-refractivity contribution < 1.29 is 4.74 Å². The number of hydrogen-bond donors (Lipinski definition) is 1. The second-order valence-electron chi connectivity index (χ2n) is 4.06. The summed E-state index contributed by atoms with van der Waals surface area (Å²) in [4.78, 5) is 10.1. The van der Waals surface area contributed by atoms with Crippen LogP contribution in [0.2, 0.25) is 5.02 Å². The molecule has 0 saturated carbocycles. The highest BCUT2D eigenvalue weighted by Gasteiger charge is 2.24. The highest BCUT2D eigenvalue weighted by molar-refractivity contribution is 6.32. The molecule has 16 heavy (non-hydrogen) atoms. The Labute approximate surface area is 99.6 Å². The van der Waals surface area contributed by atoms with Crippen molar-refractivity contribution in [1.82, 2.24) is 9.97 Å². The molecule has 1 saturated heterocycles. The van der Waals surface area contributed by atoms with Crippen LogP contribution in [0.5, 0.6) is 0 Å². The van der Waals surface area contributed by atoms with Crippen molar-refractivity contribution in [3.05, 3.63) is 11.2 Å². The normalized spacial score (nSPS) is 25.8. The highest BCUT2D eigenvalue weighted by atomic mass is 35.5. The van der Waals surface area contributed by atoms with E-state index in [0.717, 1.165) is 13.1 Å². The van der Waals surface area contributed by atoms with Crippen LogP contribution in [0.15, 0.2) is 6.20 Å². The van der Waals surface area contributed by atoms with Crippen molar-refractivity contribution in [3.8, 4) is 0 Å². The third kappa shape index (κ3) is 2.36. The molecule has 1 aromatic rings. The van der Waals surface area contributed by atoms with Crippen molar-refractivity contribution in [2.45, 2.75) is 26.1 Å². The summed E-state index contributed by atoms with van der Waals surface area (Å²) >= 11 is 6.06. The number of ether oxygens (including phenoxy) is 1. The minimum absolute atomic E-state index is 0.163. The van der Waals surface area contributed by atoms with Crippen LogP contribution in [-0.2, 0) is 4.74 Å². The van der Waals surface area contributed by atoms with Crippen molar-refractivity contribution in [1.29, 1.82) is 0 Å². The summed E-state index contributed by atoms with van der Waals surface area (Å²) < 4.78 is 5.65. The first kappa shape index (κ1) is 11.4. The summed E-state index contributed by atoms with van der Waals surface area (Å²) in [7, 11) is 0. The minimum atomic E-state index is 0.163. The molecular weight excluding hydrogens is 228 g/mol. The third-order valence-corrected chi connectivity index (χ3v) is 2.73. The van der Waals surface area contributed by atoms with Gasteiger partial charge in [0, 0.05) is 13.1 Å². The summed E-state index contributed by atoms with van der Waals surface area (Å²) in [6, 6.07) is 0. The molecule has 0 aliphatic carbocycles. The molecule has 2 atom stereocenters. The second kappa shape index (κ2) is 4.43. The molecule has 0 amide bonds. The molecule has 5 nitrogen and oxygen atoms in total. The van der Waals surface area contributed by atoms with Gasteiger partial charge in [0.05, 0.1) is 18.4 Å². The van der Waals surface area contributed by atoms with Crippen molar-refractivity contribution in [3.63, 3.8) is 0 Å². The lowest BCUT2D eigenvalue weighted by Crippen LogP contribution is -2.46. The first-order valence-electron chi connectivity index (χ1n) is 5.24. The SMILES string of the molecule is C[C@@H]1CN(c2nc(N)ncc2Cl)C[C@H](C)O1. The van der Waals surface area contributed by atoms with Crippen molar-refractivity contribution in [2.75, 3.05) is 23.7 Å². The molecule has 6 heteroatoms. The van der Waals surface area contributed by atoms with Gasteiger partial charge < -0.3 is 15.4 Å². The molecule has 88 valence electrons. The molecule has 1 aliphatic heterocycles. The van der Waals surface area contributed by atoms with Crippen molar-refractivity contribution >= 4 is 23.4 Å². The summed E-state index contributed by atoms with van der Waals surface area (Å²) in [6.07, 6.45) is 1.86. The fourth-order valence-electron chi connectivity index (χ4n) is 1.94. The predicted octanol–water partition coefficient (Wildman–Crippen LogP) is 1.33. The van der Waals surface area contributed by atoms with Gasteiger partial charge in [-0.25, -0.2) is 4.98 Å². The van der Waals surface area contributed by atoms with E-state index in [1.807, 2.05) is 13.8 Å². The van der Waals surface area contributed by atoms with Crippen molar-refractivity contribution in [2.24, 2.45) is 0 Å². The van der Waals surface area contributed by atoms with Crippen LogP contribution in [-0.4, -0.2) is 35.3 Å². The molecule has 0 radical (unpaired) electrons. The van der Waals surface area contributed by atoms with E-state index < -0.39 is 0 Å². The van der Waals surface area contributed by atoms with Crippen LogP contribution >= 0.6 is 11.6 Å². The topological polar surface area (TPSA) is 64.3 Å². The third-order valence-electron chi connectivity index (χ3n) is 2.46. The number of halogens is 1. The number of anilines is 2. The molecule has 0 bridgehead atoms. The number of nitrogen functional groups attached to an aromatic ring is 1. The highest BCUT2D eigenvalue weighted by Crippen LogP contribution is 2.26. The zero-order valence-corrected chi connectivity index (χ0v) is 10.1. The number of morpholine rings is 1. The molecule has 2 heterocycles. The summed E-state index contributed by atoms with van der Waals surface area (Å²) in [5.41, 5.74) is 5.56.